The average Bonchev–Trinajstić information content (AvgIpc) is 2.88. The van der Waals surface area contributed by atoms with Crippen LogP contribution in [-0.2, 0) is 4.74 Å². The van der Waals surface area contributed by atoms with Gasteiger partial charge in [-0.05, 0) is 18.6 Å². The molecule has 0 aromatic rings. The van der Waals surface area contributed by atoms with Crippen molar-refractivity contribution < 1.29 is 14.9 Å². The molecule has 2 aliphatic rings. The van der Waals surface area contributed by atoms with Crippen LogP contribution in [-0.4, -0.2) is 34.6 Å². The molecule has 1 fully saturated rings. The van der Waals surface area contributed by atoms with Crippen LogP contribution in [0.5, 0.6) is 0 Å². The van der Waals surface area contributed by atoms with Gasteiger partial charge in [0.2, 0.25) is 0 Å². The van der Waals surface area contributed by atoms with Gasteiger partial charge in [-0.2, -0.15) is 0 Å². The maximum absolute atomic E-state index is 9.67. The summed E-state index contributed by atoms with van der Waals surface area (Å²) >= 11 is 0. The molecule has 4 atom stereocenters. The highest BCUT2D eigenvalue weighted by atomic mass is 16.6. The lowest BCUT2D eigenvalue weighted by Gasteiger charge is -2.14. The first-order valence-electron chi connectivity index (χ1n) is 4.50. The van der Waals surface area contributed by atoms with Crippen molar-refractivity contribution >= 4 is 0 Å². The third kappa shape index (κ3) is 1.60. The molecule has 0 aromatic heterocycles. The van der Waals surface area contributed by atoms with E-state index >= 15 is 0 Å². The van der Waals surface area contributed by atoms with E-state index in [1.165, 1.54) is 0 Å². The monoisotopic (exact) mass is 192 g/mol. The summed E-state index contributed by atoms with van der Waals surface area (Å²) in [4.78, 5) is 0. The molecule has 3 heteroatoms. The van der Waals surface area contributed by atoms with Crippen LogP contribution in [0.1, 0.15) is 6.92 Å². The molecule has 0 amide bonds. The quantitative estimate of drug-likeness (QED) is 0.419. The number of aliphatic hydroxyl groups is 2. The lowest BCUT2D eigenvalue weighted by atomic mass is 9.95. The van der Waals surface area contributed by atoms with E-state index in [4.69, 9.17) is 4.74 Å². The summed E-state index contributed by atoms with van der Waals surface area (Å²) in [5.74, 6) is 5.55. The Morgan fingerprint density at radius 3 is 2.86 bits per heavy atom. The molecule has 0 radical (unpaired) electrons. The number of fused-ring (bicyclic) bond motifs is 1. The molecule has 0 saturated carbocycles. The van der Waals surface area contributed by atoms with E-state index in [0.717, 1.165) is 5.57 Å². The highest BCUT2D eigenvalue weighted by Gasteiger charge is 2.52. The predicted octanol–water partition coefficient (Wildman–Crippen LogP) is -0.00490. The molecular formula is C11H12O3. The van der Waals surface area contributed by atoms with E-state index in [-0.39, 0.29) is 12.2 Å². The molecule has 1 aliphatic carbocycles. The van der Waals surface area contributed by atoms with Gasteiger partial charge in [-0.25, -0.2) is 0 Å². The van der Waals surface area contributed by atoms with E-state index < -0.39 is 12.2 Å². The van der Waals surface area contributed by atoms with Crippen LogP contribution >= 0.6 is 0 Å². The fraction of sp³-hybridized carbons (Fsp3) is 0.455. The van der Waals surface area contributed by atoms with Crippen LogP contribution in [0, 0.1) is 11.8 Å². The van der Waals surface area contributed by atoms with Crippen molar-refractivity contribution in [3.05, 3.63) is 23.8 Å². The van der Waals surface area contributed by atoms with Crippen molar-refractivity contribution in [2.75, 3.05) is 0 Å². The Morgan fingerprint density at radius 1 is 1.50 bits per heavy atom. The Balaban J connectivity index is 2.19. The standard InChI is InChI=1S/C11H12O3/c1-6(2)3-4-7-5-8(12)10-11(14-10)9(7)13/h5,8-13H,1H2,2H3/t8-,9+,10+,11-/m1/s1. The predicted molar refractivity (Wildman–Crippen MR) is 51.3 cm³/mol. The third-order valence-electron chi connectivity index (χ3n) is 2.30. The molecule has 0 bridgehead atoms. The summed E-state index contributed by atoms with van der Waals surface area (Å²) < 4.78 is 5.10. The van der Waals surface area contributed by atoms with Gasteiger partial charge in [0.25, 0.3) is 0 Å². The maximum atomic E-state index is 9.67. The lowest BCUT2D eigenvalue weighted by Crippen LogP contribution is -2.29. The first-order chi connectivity index (χ1) is 6.59. The molecule has 2 N–H and O–H groups in total. The van der Waals surface area contributed by atoms with Gasteiger partial charge in [0.15, 0.2) is 0 Å². The first kappa shape index (κ1) is 9.47. The highest BCUT2D eigenvalue weighted by molar-refractivity contribution is 5.42. The van der Waals surface area contributed by atoms with E-state index in [9.17, 15) is 10.2 Å². The van der Waals surface area contributed by atoms with Crippen molar-refractivity contribution in [2.24, 2.45) is 0 Å². The van der Waals surface area contributed by atoms with Crippen LogP contribution in [0.2, 0.25) is 0 Å². The Bertz CT molecular complexity index is 358. The Labute approximate surface area is 82.7 Å². The lowest BCUT2D eigenvalue weighted by molar-refractivity contribution is 0.167. The van der Waals surface area contributed by atoms with Gasteiger partial charge >= 0.3 is 0 Å². The molecule has 1 heterocycles. The van der Waals surface area contributed by atoms with Gasteiger partial charge in [-0.3, -0.25) is 0 Å². The molecule has 0 spiro atoms. The minimum absolute atomic E-state index is 0.236. The average molecular weight is 192 g/mol. The van der Waals surface area contributed by atoms with Gasteiger partial charge in [-0.15, -0.1) is 0 Å². The minimum atomic E-state index is -0.699. The van der Waals surface area contributed by atoms with Crippen molar-refractivity contribution in [1.29, 1.82) is 0 Å². The summed E-state index contributed by atoms with van der Waals surface area (Å²) in [5, 5.41) is 19.1. The van der Waals surface area contributed by atoms with E-state index in [2.05, 4.69) is 18.4 Å². The zero-order chi connectivity index (χ0) is 10.3. The van der Waals surface area contributed by atoms with E-state index in [0.29, 0.717) is 5.57 Å². The topological polar surface area (TPSA) is 53.0 Å². The second-order valence-electron chi connectivity index (χ2n) is 3.65. The summed E-state index contributed by atoms with van der Waals surface area (Å²) in [5.41, 5.74) is 1.26. The van der Waals surface area contributed by atoms with Gasteiger partial charge in [-0.1, -0.05) is 18.4 Å². The molecule has 74 valence electrons. The number of epoxide rings is 1. The zero-order valence-electron chi connectivity index (χ0n) is 7.90. The van der Waals surface area contributed by atoms with Gasteiger partial charge in [0.1, 0.15) is 24.4 Å². The fourth-order valence-electron chi connectivity index (χ4n) is 1.51. The van der Waals surface area contributed by atoms with Crippen molar-refractivity contribution in [3.63, 3.8) is 0 Å². The number of hydrogen-bond acceptors (Lipinski definition) is 3. The zero-order valence-corrected chi connectivity index (χ0v) is 7.90. The number of hydrogen-bond donors (Lipinski definition) is 2. The maximum Gasteiger partial charge on any atom is 0.118 e. The van der Waals surface area contributed by atoms with Gasteiger partial charge in [0, 0.05) is 5.57 Å². The van der Waals surface area contributed by atoms with Gasteiger partial charge in [0.05, 0.1) is 0 Å². The Morgan fingerprint density at radius 2 is 2.21 bits per heavy atom. The molecule has 2 rings (SSSR count). The van der Waals surface area contributed by atoms with Crippen molar-refractivity contribution in [2.45, 2.75) is 31.3 Å². The van der Waals surface area contributed by atoms with Crippen LogP contribution in [0.25, 0.3) is 0 Å². The van der Waals surface area contributed by atoms with E-state index in [1.807, 2.05) is 0 Å². The summed E-state index contributed by atoms with van der Waals surface area (Å²) in [7, 11) is 0. The van der Waals surface area contributed by atoms with Gasteiger partial charge < -0.3 is 14.9 Å². The summed E-state index contributed by atoms with van der Waals surface area (Å²) in [6.07, 6.45) is -0.299. The SMILES string of the molecule is C=C(C)C#CC1=C[C@@H](O)[C@@H]2O[C@@H]2[C@H]1O. The highest BCUT2D eigenvalue weighted by Crippen LogP contribution is 2.36. The largest absolute Gasteiger partial charge is 0.386 e. The van der Waals surface area contributed by atoms with Crippen LogP contribution in [0.4, 0.5) is 0 Å². The van der Waals surface area contributed by atoms with Crippen molar-refractivity contribution in [3.8, 4) is 11.8 Å². The smallest absolute Gasteiger partial charge is 0.118 e. The normalized spacial score (nSPS) is 38.9. The molecule has 0 unspecified atom stereocenters. The molecular weight excluding hydrogens is 180 g/mol. The molecule has 1 saturated heterocycles. The fourth-order valence-corrected chi connectivity index (χ4v) is 1.51. The molecule has 1 aliphatic heterocycles. The summed E-state index contributed by atoms with van der Waals surface area (Å²) in [6, 6.07) is 0. The molecule has 14 heavy (non-hydrogen) atoms. The second kappa shape index (κ2) is 3.25. The number of ether oxygens (including phenoxy) is 1. The second-order valence-corrected chi connectivity index (χ2v) is 3.65. The first-order valence-corrected chi connectivity index (χ1v) is 4.50. The minimum Gasteiger partial charge on any atom is -0.386 e. The van der Waals surface area contributed by atoms with E-state index in [1.54, 1.807) is 13.0 Å². The van der Waals surface area contributed by atoms with Crippen LogP contribution < -0.4 is 0 Å². The molecule has 3 nitrogen and oxygen atoms in total. The third-order valence-corrected chi connectivity index (χ3v) is 2.30. The Kier molecular flexibility index (Phi) is 2.20. The Hall–Kier alpha value is -1.08. The van der Waals surface area contributed by atoms with Crippen LogP contribution in [0.15, 0.2) is 23.8 Å². The van der Waals surface area contributed by atoms with Crippen molar-refractivity contribution in [1.82, 2.24) is 0 Å². The number of allylic oxidation sites excluding steroid dienone is 1. The van der Waals surface area contributed by atoms with Crippen LogP contribution in [0.3, 0.4) is 0 Å². The number of rotatable bonds is 0. The summed E-state index contributed by atoms with van der Waals surface area (Å²) in [6.45, 7) is 5.42. The molecule has 0 aromatic carbocycles. The number of aliphatic hydroxyl groups excluding tert-OH is 2.